The lowest BCUT2D eigenvalue weighted by Crippen LogP contribution is -2.41. The Hall–Kier alpha value is -2.45. The van der Waals surface area contributed by atoms with Crippen molar-refractivity contribution in [1.82, 2.24) is 9.62 Å². The van der Waals surface area contributed by atoms with E-state index < -0.39 is 21.7 Å². The zero-order valence-electron chi connectivity index (χ0n) is 16.2. The molecule has 0 heterocycles. The van der Waals surface area contributed by atoms with E-state index in [-0.39, 0.29) is 24.7 Å². The molecule has 152 valence electrons. The standard InChI is InChI=1S/C20H25FN2O4S/c1-4-19(15-9-11-17(27-2)12-10-15)22-20(24)14-23(28(3,25)26)13-16-7-5-6-8-18(16)21/h5-12,19H,4,13-14H2,1-3H3,(H,22,24). The van der Waals surface area contributed by atoms with Crippen molar-refractivity contribution in [2.24, 2.45) is 0 Å². The second-order valence-corrected chi connectivity index (χ2v) is 8.41. The third-order valence-electron chi connectivity index (χ3n) is 4.36. The van der Waals surface area contributed by atoms with Gasteiger partial charge in [-0.05, 0) is 30.2 Å². The van der Waals surface area contributed by atoms with Gasteiger partial charge in [-0.1, -0.05) is 37.3 Å². The van der Waals surface area contributed by atoms with Crippen LogP contribution < -0.4 is 10.1 Å². The molecule has 1 unspecified atom stereocenters. The van der Waals surface area contributed by atoms with Gasteiger partial charge < -0.3 is 10.1 Å². The summed E-state index contributed by atoms with van der Waals surface area (Å²) < 4.78 is 44.2. The van der Waals surface area contributed by atoms with Crippen LogP contribution in [0.25, 0.3) is 0 Å². The molecule has 0 aliphatic rings. The number of ether oxygens (including phenoxy) is 1. The highest BCUT2D eigenvalue weighted by molar-refractivity contribution is 7.88. The monoisotopic (exact) mass is 408 g/mol. The zero-order valence-corrected chi connectivity index (χ0v) is 17.0. The topological polar surface area (TPSA) is 75.7 Å². The second-order valence-electron chi connectivity index (χ2n) is 6.42. The molecule has 0 saturated heterocycles. The summed E-state index contributed by atoms with van der Waals surface area (Å²) in [4.78, 5) is 12.5. The van der Waals surface area contributed by atoms with E-state index in [2.05, 4.69) is 5.32 Å². The third kappa shape index (κ3) is 6.03. The van der Waals surface area contributed by atoms with Gasteiger partial charge in [-0.2, -0.15) is 4.31 Å². The molecule has 0 aromatic heterocycles. The molecule has 0 fully saturated rings. The Kier molecular flexibility index (Phi) is 7.53. The normalized spacial score (nSPS) is 12.6. The molecule has 1 amide bonds. The van der Waals surface area contributed by atoms with Crippen molar-refractivity contribution in [2.75, 3.05) is 19.9 Å². The first-order chi connectivity index (χ1) is 13.2. The number of nitrogens with zero attached hydrogens (tertiary/aromatic N) is 1. The van der Waals surface area contributed by atoms with E-state index in [1.165, 1.54) is 18.2 Å². The van der Waals surface area contributed by atoms with Crippen molar-refractivity contribution >= 4 is 15.9 Å². The van der Waals surface area contributed by atoms with E-state index in [9.17, 15) is 17.6 Å². The van der Waals surface area contributed by atoms with Crippen LogP contribution in [0.2, 0.25) is 0 Å². The number of hydrogen-bond acceptors (Lipinski definition) is 4. The molecular formula is C20H25FN2O4S. The number of hydrogen-bond donors (Lipinski definition) is 1. The molecule has 2 aromatic carbocycles. The Balaban J connectivity index is 2.10. The molecule has 1 N–H and O–H groups in total. The predicted octanol–water partition coefficient (Wildman–Crippen LogP) is 2.86. The number of carbonyl (C=O) groups is 1. The Morgan fingerprint density at radius 2 is 1.82 bits per heavy atom. The van der Waals surface area contributed by atoms with E-state index in [0.717, 1.165) is 16.1 Å². The highest BCUT2D eigenvalue weighted by atomic mass is 32.2. The largest absolute Gasteiger partial charge is 0.497 e. The summed E-state index contributed by atoms with van der Waals surface area (Å²) in [6.45, 7) is 1.32. The Morgan fingerprint density at radius 3 is 2.36 bits per heavy atom. The van der Waals surface area contributed by atoms with Gasteiger partial charge in [0.25, 0.3) is 0 Å². The molecule has 0 aliphatic heterocycles. The summed E-state index contributed by atoms with van der Waals surface area (Å²) in [6, 6.07) is 12.9. The van der Waals surface area contributed by atoms with Gasteiger partial charge in [-0.25, -0.2) is 12.8 Å². The zero-order chi connectivity index (χ0) is 20.7. The number of carbonyl (C=O) groups excluding carboxylic acids is 1. The molecule has 0 bridgehead atoms. The number of nitrogens with one attached hydrogen (secondary N) is 1. The van der Waals surface area contributed by atoms with Crippen LogP contribution in [0.15, 0.2) is 48.5 Å². The van der Waals surface area contributed by atoms with E-state index >= 15 is 0 Å². The quantitative estimate of drug-likeness (QED) is 0.692. The van der Waals surface area contributed by atoms with E-state index in [1.807, 2.05) is 19.1 Å². The maximum Gasteiger partial charge on any atom is 0.235 e. The number of methoxy groups -OCH3 is 1. The summed E-state index contributed by atoms with van der Waals surface area (Å²) in [6.07, 6.45) is 1.63. The maximum absolute atomic E-state index is 13.9. The lowest BCUT2D eigenvalue weighted by molar-refractivity contribution is -0.122. The maximum atomic E-state index is 13.9. The molecule has 6 nitrogen and oxygen atoms in total. The fraction of sp³-hybridized carbons (Fsp3) is 0.350. The summed E-state index contributed by atoms with van der Waals surface area (Å²) in [5.74, 6) is -0.260. The van der Waals surface area contributed by atoms with Crippen LogP contribution in [0.3, 0.4) is 0 Å². The lowest BCUT2D eigenvalue weighted by Gasteiger charge is -2.23. The summed E-state index contributed by atoms with van der Waals surface area (Å²) in [5.41, 5.74) is 1.10. The molecule has 28 heavy (non-hydrogen) atoms. The van der Waals surface area contributed by atoms with Gasteiger partial charge in [0.05, 0.1) is 26.0 Å². The minimum Gasteiger partial charge on any atom is -0.497 e. The van der Waals surface area contributed by atoms with Gasteiger partial charge in [0, 0.05) is 12.1 Å². The molecule has 0 aliphatic carbocycles. The van der Waals surface area contributed by atoms with Crippen LogP contribution in [0.5, 0.6) is 5.75 Å². The summed E-state index contributed by atoms with van der Waals surface area (Å²) in [5, 5.41) is 2.84. The highest BCUT2D eigenvalue weighted by Gasteiger charge is 2.23. The van der Waals surface area contributed by atoms with Crippen LogP contribution in [-0.2, 0) is 21.4 Å². The summed E-state index contributed by atoms with van der Waals surface area (Å²) in [7, 11) is -2.13. The molecule has 8 heteroatoms. The first-order valence-electron chi connectivity index (χ1n) is 8.86. The van der Waals surface area contributed by atoms with Gasteiger partial charge in [-0.15, -0.1) is 0 Å². The van der Waals surface area contributed by atoms with Crippen molar-refractivity contribution in [3.63, 3.8) is 0 Å². The van der Waals surface area contributed by atoms with Crippen LogP contribution in [-0.4, -0.2) is 38.5 Å². The number of amides is 1. The van der Waals surface area contributed by atoms with Crippen LogP contribution in [0.4, 0.5) is 4.39 Å². The molecule has 0 saturated carbocycles. The molecular weight excluding hydrogens is 383 g/mol. The van der Waals surface area contributed by atoms with Gasteiger partial charge in [0.2, 0.25) is 15.9 Å². The highest BCUT2D eigenvalue weighted by Crippen LogP contribution is 2.20. The number of benzene rings is 2. The Labute approximate surface area is 165 Å². The van der Waals surface area contributed by atoms with Crippen molar-refractivity contribution in [2.45, 2.75) is 25.9 Å². The Bertz CT molecular complexity index is 901. The van der Waals surface area contributed by atoms with Gasteiger partial charge in [0.15, 0.2) is 0 Å². The van der Waals surface area contributed by atoms with Crippen LogP contribution in [0, 0.1) is 5.82 Å². The van der Waals surface area contributed by atoms with Gasteiger partial charge in [-0.3, -0.25) is 4.79 Å². The molecule has 2 rings (SSSR count). The molecule has 0 radical (unpaired) electrons. The van der Waals surface area contributed by atoms with Gasteiger partial charge >= 0.3 is 0 Å². The summed E-state index contributed by atoms with van der Waals surface area (Å²) >= 11 is 0. The molecule has 1 atom stereocenters. The SMILES string of the molecule is CCC(NC(=O)CN(Cc1ccccc1F)S(C)(=O)=O)c1ccc(OC)cc1. The minimum atomic E-state index is -3.70. The van der Waals surface area contributed by atoms with E-state index in [0.29, 0.717) is 12.2 Å². The number of rotatable bonds is 9. The van der Waals surface area contributed by atoms with Gasteiger partial charge in [0.1, 0.15) is 11.6 Å². The van der Waals surface area contributed by atoms with Crippen molar-refractivity contribution < 1.29 is 22.3 Å². The Morgan fingerprint density at radius 1 is 1.18 bits per heavy atom. The first-order valence-corrected chi connectivity index (χ1v) is 10.7. The molecule has 2 aromatic rings. The third-order valence-corrected chi connectivity index (χ3v) is 5.55. The second kappa shape index (κ2) is 9.66. The molecule has 0 spiro atoms. The first kappa shape index (κ1) is 21.8. The van der Waals surface area contributed by atoms with Crippen LogP contribution in [0.1, 0.15) is 30.5 Å². The average molecular weight is 408 g/mol. The minimum absolute atomic E-state index is 0.210. The van der Waals surface area contributed by atoms with Crippen LogP contribution >= 0.6 is 0 Å². The average Bonchev–Trinajstić information content (AvgIpc) is 2.66. The van der Waals surface area contributed by atoms with Crippen molar-refractivity contribution in [1.29, 1.82) is 0 Å². The number of halogens is 1. The number of sulfonamides is 1. The lowest BCUT2D eigenvalue weighted by atomic mass is 10.0. The predicted molar refractivity (Wildman–Crippen MR) is 106 cm³/mol. The van der Waals surface area contributed by atoms with E-state index in [4.69, 9.17) is 4.74 Å². The smallest absolute Gasteiger partial charge is 0.235 e. The fourth-order valence-electron chi connectivity index (χ4n) is 2.76. The van der Waals surface area contributed by atoms with Crippen molar-refractivity contribution in [3.05, 3.63) is 65.5 Å². The van der Waals surface area contributed by atoms with E-state index in [1.54, 1.807) is 25.3 Å². The fourth-order valence-corrected chi connectivity index (χ4v) is 3.49. The van der Waals surface area contributed by atoms with Crippen molar-refractivity contribution in [3.8, 4) is 5.75 Å².